The van der Waals surface area contributed by atoms with Crippen LogP contribution in [-0.2, 0) is 9.59 Å². The topological polar surface area (TPSA) is 49.4 Å². The van der Waals surface area contributed by atoms with Gasteiger partial charge in [-0.25, -0.2) is 0 Å². The second kappa shape index (κ2) is 5.29. The zero-order valence-corrected chi connectivity index (χ0v) is 11.3. The molecule has 1 heterocycles. The van der Waals surface area contributed by atoms with Crippen LogP contribution in [0.4, 0.5) is 0 Å². The summed E-state index contributed by atoms with van der Waals surface area (Å²) in [5.74, 6) is 0.533. The van der Waals surface area contributed by atoms with Crippen LogP contribution < -0.4 is 5.32 Å². The van der Waals surface area contributed by atoms with Gasteiger partial charge in [-0.15, -0.1) is 0 Å². The Hall–Kier alpha value is -0.710. The predicted molar refractivity (Wildman–Crippen MR) is 68.8 cm³/mol. The molecule has 2 amide bonds. The number of carbonyl (C=O) groups excluding carboxylic acids is 2. The zero-order chi connectivity index (χ0) is 12.4. The largest absolute Gasteiger partial charge is 0.344 e. The van der Waals surface area contributed by atoms with Crippen molar-refractivity contribution in [3.63, 3.8) is 0 Å². The maximum Gasteiger partial charge on any atom is 0.245 e. The Bertz CT molecular complexity index is 318. The fourth-order valence-corrected chi connectivity index (χ4v) is 2.49. The van der Waals surface area contributed by atoms with E-state index in [0.717, 1.165) is 19.4 Å². The van der Waals surface area contributed by atoms with Gasteiger partial charge in [0.15, 0.2) is 0 Å². The van der Waals surface area contributed by atoms with E-state index in [2.05, 4.69) is 18.5 Å². The highest BCUT2D eigenvalue weighted by Gasteiger charge is 2.40. The van der Waals surface area contributed by atoms with Gasteiger partial charge >= 0.3 is 0 Å². The van der Waals surface area contributed by atoms with Gasteiger partial charge in [0, 0.05) is 24.8 Å². The van der Waals surface area contributed by atoms with Crippen molar-refractivity contribution in [2.75, 3.05) is 19.3 Å². The van der Waals surface area contributed by atoms with Gasteiger partial charge in [-0.2, -0.15) is 11.8 Å². The van der Waals surface area contributed by atoms with Gasteiger partial charge in [-0.1, -0.05) is 6.92 Å². The Morgan fingerprint density at radius 3 is 2.76 bits per heavy atom. The summed E-state index contributed by atoms with van der Waals surface area (Å²) >= 11 is 1.75. The first-order valence-corrected chi connectivity index (χ1v) is 7.51. The van der Waals surface area contributed by atoms with Crippen LogP contribution in [0.15, 0.2) is 0 Å². The van der Waals surface area contributed by atoms with Gasteiger partial charge in [-0.3, -0.25) is 9.59 Å². The Kier molecular flexibility index (Phi) is 3.97. The second-order valence-electron chi connectivity index (χ2n) is 4.96. The van der Waals surface area contributed by atoms with Crippen molar-refractivity contribution < 1.29 is 9.59 Å². The molecule has 0 radical (unpaired) electrons. The number of nitrogens with zero attached hydrogens (tertiary/aromatic N) is 1. The van der Waals surface area contributed by atoms with Crippen LogP contribution in [0.1, 0.15) is 26.2 Å². The Morgan fingerprint density at radius 2 is 2.18 bits per heavy atom. The summed E-state index contributed by atoms with van der Waals surface area (Å²) in [5.41, 5.74) is 0. The molecule has 0 aromatic carbocycles. The van der Waals surface area contributed by atoms with Crippen LogP contribution in [0.2, 0.25) is 0 Å². The van der Waals surface area contributed by atoms with Crippen LogP contribution >= 0.6 is 11.8 Å². The molecule has 1 saturated carbocycles. The van der Waals surface area contributed by atoms with Crippen LogP contribution in [0.5, 0.6) is 0 Å². The van der Waals surface area contributed by atoms with Gasteiger partial charge in [0.05, 0.1) is 0 Å². The lowest BCUT2D eigenvalue weighted by Crippen LogP contribution is -2.47. The van der Waals surface area contributed by atoms with Crippen molar-refractivity contribution in [2.24, 2.45) is 5.92 Å². The van der Waals surface area contributed by atoms with E-state index >= 15 is 0 Å². The quantitative estimate of drug-likeness (QED) is 0.812. The third-order valence-corrected chi connectivity index (χ3v) is 4.43. The normalized spacial score (nSPS) is 27.6. The number of carbonyl (C=O) groups is 2. The minimum Gasteiger partial charge on any atom is -0.344 e. The average Bonchev–Trinajstić information content (AvgIpc) is 3.13. The molecule has 1 aliphatic carbocycles. The van der Waals surface area contributed by atoms with E-state index in [1.54, 1.807) is 11.8 Å². The smallest absolute Gasteiger partial charge is 0.245 e. The number of hydrogen-bond acceptors (Lipinski definition) is 3. The van der Waals surface area contributed by atoms with Crippen molar-refractivity contribution in [3.05, 3.63) is 0 Å². The molecule has 17 heavy (non-hydrogen) atoms. The monoisotopic (exact) mass is 256 g/mol. The molecule has 1 saturated heterocycles. The third-order valence-electron chi connectivity index (χ3n) is 3.48. The lowest BCUT2D eigenvalue weighted by atomic mass is 10.1. The standard InChI is InChI=1S/C12H20N2O2S/c1-8(17-2)7-14-6-5-10(15)13-11(12(14)16)9-3-4-9/h8-9,11H,3-7H2,1-2H3,(H,13,15). The van der Waals surface area contributed by atoms with Gasteiger partial charge in [0.25, 0.3) is 0 Å². The molecule has 2 fully saturated rings. The summed E-state index contributed by atoms with van der Waals surface area (Å²) < 4.78 is 0. The molecule has 0 bridgehead atoms. The molecule has 2 atom stereocenters. The molecule has 4 nitrogen and oxygen atoms in total. The molecule has 1 aliphatic heterocycles. The molecule has 0 aromatic rings. The Balaban J connectivity index is 2.04. The van der Waals surface area contributed by atoms with Gasteiger partial charge in [0.1, 0.15) is 6.04 Å². The number of nitrogens with one attached hydrogen (secondary N) is 1. The number of hydrogen-bond donors (Lipinski definition) is 1. The summed E-state index contributed by atoms with van der Waals surface area (Å²) in [6.07, 6.45) is 4.63. The molecular formula is C12H20N2O2S. The molecule has 2 aliphatic rings. The van der Waals surface area contributed by atoms with E-state index in [4.69, 9.17) is 0 Å². The van der Waals surface area contributed by atoms with Crippen molar-refractivity contribution in [1.29, 1.82) is 0 Å². The van der Waals surface area contributed by atoms with E-state index in [1.807, 2.05) is 4.90 Å². The van der Waals surface area contributed by atoms with Crippen molar-refractivity contribution >= 4 is 23.6 Å². The highest BCUT2D eigenvalue weighted by molar-refractivity contribution is 7.99. The minimum absolute atomic E-state index is 0.0227. The molecule has 96 valence electrons. The maximum absolute atomic E-state index is 12.3. The van der Waals surface area contributed by atoms with Crippen molar-refractivity contribution in [2.45, 2.75) is 37.5 Å². The molecule has 1 N–H and O–H groups in total. The summed E-state index contributed by atoms with van der Waals surface area (Å²) in [7, 11) is 0. The molecule has 2 unspecified atom stereocenters. The van der Waals surface area contributed by atoms with Crippen LogP contribution in [0.3, 0.4) is 0 Å². The fourth-order valence-electron chi connectivity index (χ4n) is 2.17. The van der Waals surface area contributed by atoms with Crippen LogP contribution in [0.25, 0.3) is 0 Å². The zero-order valence-electron chi connectivity index (χ0n) is 10.4. The first-order chi connectivity index (χ1) is 8.11. The second-order valence-corrected chi connectivity index (χ2v) is 6.24. The van der Waals surface area contributed by atoms with Crippen LogP contribution in [-0.4, -0.2) is 47.4 Å². The summed E-state index contributed by atoms with van der Waals surface area (Å²) in [5, 5.41) is 3.30. The number of rotatable bonds is 4. The lowest BCUT2D eigenvalue weighted by Gasteiger charge is -2.26. The Morgan fingerprint density at radius 1 is 1.47 bits per heavy atom. The molecule has 5 heteroatoms. The first kappa shape index (κ1) is 12.7. The first-order valence-electron chi connectivity index (χ1n) is 6.22. The summed E-state index contributed by atoms with van der Waals surface area (Å²) in [4.78, 5) is 25.8. The van der Waals surface area contributed by atoms with Crippen molar-refractivity contribution in [3.8, 4) is 0 Å². The van der Waals surface area contributed by atoms with Crippen LogP contribution in [0, 0.1) is 5.92 Å². The SMILES string of the molecule is CSC(C)CN1CCC(=O)NC(C2CC2)C1=O. The maximum atomic E-state index is 12.3. The average molecular weight is 256 g/mol. The fraction of sp³-hybridized carbons (Fsp3) is 0.833. The third kappa shape index (κ3) is 3.15. The number of amides is 2. The van der Waals surface area contributed by atoms with Gasteiger partial charge in [-0.05, 0) is 25.0 Å². The lowest BCUT2D eigenvalue weighted by molar-refractivity contribution is -0.134. The van der Waals surface area contributed by atoms with Gasteiger partial charge in [0.2, 0.25) is 11.8 Å². The summed E-state index contributed by atoms with van der Waals surface area (Å²) in [6.45, 7) is 3.43. The van der Waals surface area contributed by atoms with E-state index in [1.165, 1.54) is 0 Å². The van der Waals surface area contributed by atoms with E-state index < -0.39 is 0 Å². The highest BCUT2D eigenvalue weighted by Crippen LogP contribution is 2.34. The molecule has 2 rings (SSSR count). The van der Waals surface area contributed by atoms with Gasteiger partial charge < -0.3 is 10.2 Å². The van der Waals surface area contributed by atoms with Crippen molar-refractivity contribution in [1.82, 2.24) is 10.2 Å². The minimum atomic E-state index is -0.251. The van der Waals surface area contributed by atoms with E-state index in [9.17, 15) is 9.59 Å². The number of thioether (sulfide) groups is 1. The molecular weight excluding hydrogens is 236 g/mol. The Labute approximate surface area is 106 Å². The molecule has 0 aromatic heterocycles. The molecule has 0 spiro atoms. The highest BCUT2D eigenvalue weighted by atomic mass is 32.2. The summed E-state index contributed by atoms with van der Waals surface area (Å²) in [6, 6.07) is -0.251. The van der Waals surface area contributed by atoms with E-state index in [-0.39, 0.29) is 17.9 Å². The predicted octanol–water partition coefficient (Wildman–Crippen LogP) is 0.865. The van der Waals surface area contributed by atoms with E-state index in [0.29, 0.717) is 24.1 Å².